The Balaban J connectivity index is 2.27. The van der Waals surface area contributed by atoms with Crippen molar-refractivity contribution < 1.29 is 22.3 Å². The van der Waals surface area contributed by atoms with Crippen molar-refractivity contribution in [2.24, 2.45) is 0 Å². The fraction of sp³-hybridized carbons (Fsp3) is 0.500. The molecule has 0 radical (unpaired) electrons. The number of hydrogen-bond acceptors (Lipinski definition) is 4. The van der Waals surface area contributed by atoms with Gasteiger partial charge in [-0.25, -0.2) is 17.6 Å². The van der Waals surface area contributed by atoms with Crippen LogP contribution in [0.1, 0.15) is 24.8 Å². The number of rotatable bonds is 4. The Hall–Kier alpha value is -1.37. The van der Waals surface area contributed by atoms with Crippen LogP contribution >= 0.6 is 0 Å². The highest BCUT2D eigenvalue weighted by molar-refractivity contribution is 7.92. The van der Waals surface area contributed by atoms with Crippen LogP contribution in [0.25, 0.3) is 0 Å². The minimum absolute atomic E-state index is 0.114. The van der Waals surface area contributed by atoms with Crippen LogP contribution in [0.4, 0.5) is 4.39 Å². The molecule has 0 saturated heterocycles. The predicted octanol–water partition coefficient (Wildman–Crippen LogP) is 1.03. The third-order valence-corrected chi connectivity index (χ3v) is 6.23. The molecule has 21 heavy (non-hydrogen) atoms. The van der Waals surface area contributed by atoms with Crippen LogP contribution in [0.5, 0.6) is 0 Å². The van der Waals surface area contributed by atoms with Crippen LogP contribution in [-0.2, 0) is 25.7 Å². The Morgan fingerprint density at radius 3 is 2.86 bits per heavy atom. The first kappa shape index (κ1) is 16.0. The van der Waals surface area contributed by atoms with Crippen molar-refractivity contribution in [2.75, 3.05) is 7.11 Å². The van der Waals surface area contributed by atoms with E-state index in [1.54, 1.807) is 12.1 Å². The molecule has 1 fully saturated rings. The molecule has 0 spiro atoms. The second kappa shape index (κ2) is 5.79. The van der Waals surface area contributed by atoms with Gasteiger partial charge >= 0.3 is 5.97 Å². The highest BCUT2D eigenvalue weighted by Crippen LogP contribution is 2.40. The van der Waals surface area contributed by atoms with Gasteiger partial charge in [-0.1, -0.05) is 24.0 Å². The van der Waals surface area contributed by atoms with Gasteiger partial charge in [0.2, 0.25) is 5.67 Å². The van der Waals surface area contributed by atoms with Crippen LogP contribution < -0.4 is 0 Å². The molecule has 1 saturated carbocycles. The molecule has 114 valence electrons. The summed E-state index contributed by atoms with van der Waals surface area (Å²) in [5.41, 5.74) is -1.27. The molecule has 2 unspecified atom stereocenters. The zero-order chi connectivity index (χ0) is 15.7. The largest absolute Gasteiger partial charge is 0.467 e. The molecule has 0 bridgehead atoms. The molecule has 1 aromatic rings. The Morgan fingerprint density at radius 2 is 2.24 bits per heavy atom. The number of alkyl halides is 1. The van der Waals surface area contributed by atoms with E-state index < -0.39 is 26.7 Å². The van der Waals surface area contributed by atoms with Crippen molar-refractivity contribution in [3.05, 3.63) is 29.8 Å². The third kappa shape index (κ3) is 2.97. The van der Waals surface area contributed by atoms with E-state index in [2.05, 4.69) is 4.74 Å². The maximum absolute atomic E-state index is 14.4. The first-order valence-electron chi connectivity index (χ1n) is 6.93. The van der Waals surface area contributed by atoms with Crippen LogP contribution in [0.3, 0.4) is 0 Å². The van der Waals surface area contributed by atoms with Gasteiger partial charge in [-0.2, -0.15) is 0 Å². The van der Waals surface area contributed by atoms with Crippen molar-refractivity contribution >= 4 is 23.7 Å². The molecule has 0 heterocycles. The molecule has 0 aliphatic heterocycles. The molecule has 1 aliphatic rings. The summed E-state index contributed by atoms with van der Waals surface area (Å²) in [6.07, 6.45) is 0.406. The van der Waals surface area contributed by atoms with Gasteiger partial charge in [0.1, 0.15) is 7.85 Å². The maximum Gasteiger partial charge on any atom is 0.343 e. The molecule has 0 N–H and O–H groups in total. The number of methoxy groups -OCH3 is 1. The van der Waals surface area contributed by atoms with Gasteiger partial charge in [-0.05, 0) is 25.0 Å². The first-order valence-corrected chi connectivity index (χ1v) is 8.48. The molecule has 4 nitrogen and oxygen atoms in total. The number of esters is 1. The lowest BCUT2D eigenvalue weighted by Gasteiger charge is -2.17. The summed E-state index contributed by atoms with van der Waals surface area (Å²) >= 11 is 0. The number of halogens is 1. The van der Waals surface area contributed by atoms with Crippen molar-refractivity contribution in [3.8, 4) is 0 Å². The lowest BCUT2D eigenvalue weighted by atomic mass is 9.97. The van der Waals surface area contributed by atoms with E-state index in [1.807, 2.05) is 13.9 Å². The summed E-state index contributed by atoms with van der Waals surface area (Å²) in [6, 6.07) is 6.67. The Bertz CT molecular complexity index is 646. The molecule has 1 aromatic carbocycles. The number of carbonyl (C=O) groups excluding carboxylic acids is 1. The van der Waals surface area contributed by atoms with Gasteiger partial charge in [0, 0.05) is 6.42 Å². The number of sulfone groups is 1. The predicted molar refractivity (Wildman–Crippen MR) is 79.4 cm³/mol. The van der Waals surface area contributed by atoms with E-state index in [0.717, 1.165) is 19.0 Å². The van der Waals surface area contributed by atoms with Crippen molar-refractivity contribution in [3.63, 3.8) is 0 Å². The van der Waals surface area contributed by atoms with E-state index in [-0.39, 0.29) is 24.2 Å². The van der Waals surface area contributed by atoms with Crippen LogP contribution in [0.15, 0.2) is 29.2 Å². The van der Waals surface area contributed by atoms with Gasteiger partial charge in [0.25, 0.3) is 0 Å². The summed E-state index contributed by atoms with van der Waals surface area (Å²) in [7, 11) is -0.589. The highest BCUT2D eigenvalue weighted by atomic mass is 32.2. The lowest BCUT2D eigenvalue weighted by molar-refractivity contribution is -0.154. The fourth-order valence-electron chi connectivity index (χ4n) is 2.72. The Morgan fingerprint density at radius 1 is 1.52 bits per heavy atom. The van der Waals surface area contributed by atoms with Crippen LogP contribution in [0, 0.1) is 0 Å². The number of benzene rings is 1. The van der Waals surface area contributed by atoms with E-state index in [1.165, 1.54) is 6.07 Å². The standard InChI is InChI=1S/C14H18BFO4S/c1-20-13(17)14(16)6-5-12(8-14)21(18,19)11-4-2-3-10(7-11)9-15/h2-4,7,12H,5-6,8-9,15H2,1H3. The molecule has 2 atom stereocenters. The number of carbonyl (C=O) groups is 1. The molecular formula is C14H18BFO4S. The Kier molecular flexibility index (Phi) is 4.42. The summed E-state index contributed by atoms with van der Waals surface area (Å²) < 4.78 is 44.0. The zero-order valence-corrected chi connectivity index (χ0v) is 13.0. The molecule has 0 aromatic heterocycles. The summed E-state index contributed by atoms with van der Waals surface area (Å²) in [6.45, 7) is 0. The molecular weight excluding hydrogens is 294 g/mol. The first-order chi connectivity index (χ1) is 9.83. The average Bonchev–Trinajstić information content (AvgIpc) is 2.91. The summed E-state index contributed by atoms with van der Waals surface area (Å²) in [4.78, 5) is 11.6. The smallest absolute Gasteiger partial charge is 0.343 e. The van der Waals surface area contributed by atoms with E-state index >= 15 is 0 Å². The minimum Gasteiger partial charge on any atom is -0.467 e. The zero-order valence-electron chi connectivity index (χ0n) is 12.1. The van der Waals surface area contributed by atoms with Gasteiger partial charge < -0.3 is 4.74 Å². The van der Waals surface area contributed by atoms with E-state index in [9.17, 15) is 17.6 Å². The van der Waals surface area contributed by atoms with Gasteiger partial charge in [0.05, 0.1) is 17.3 Å². The Labute approximate surface area is 125 Å². The lowest BCUT2D eigenvalue weighted by Crippen LogP contribution is -2.33. The molecule has 1 aliphatic carbocycles. The second-order valence-electron chi connectivity index (χ2n) is 5.37. The van der Waals surface area contributed by atoms with Gasteiger partial charge in [-0.3, -0.25) is 0 Å². The third-order valence-electron chi connectivity index (χ3n) is 4.04. The number of ether oxygens (including phenoxy) is 1. The van der Waals surface area contributed by atoms with Crippen LogP contribution in [-0.4, -0.2) is 40.3 Å². The van der Waals surface area contributed by atoms with Crippen molar-refractivity contribution in [2.45, 2.75) is 41.4 Å². The normalized spacial score (nSPS) is 25.7. The van der Waals surface area contributed by atoms with Gasteiger partial charge in [-0.15, -0.1) is 0 Å². The molecule has 7 heteroatoms. The maximum atomic E-state index is 14.4. The fourth-order valence-corrected chi connectivity index (χ4v) is 4.60. The average molecular weight is 312 g/mol. The van der Waals surface area contributed by atoms with E-state index in [0.29, 0.717) is 0 Å². The highest BCUT2D eigenvalue weighted by Gasteiger charge is 2.51. The quantitative estimate of drug-likeness (QED) is 0.615. The van der Waals surface area contributed by atoms with Crippen molar-refractivity contribution in [1.29, 1.82) is 0 Å². The monoisotopic (exact) mass is 312 g/mol. The molecule has 2 rings (SSSR count). The van der Waals surface area contributed by atoms with Crippen molar-refractivity contribution in [1.82, 2.24) is 0 Å². The minimum atomic E-state index is -3.63. The SMILES string of the molecule is BCc1cccc(S(=O)(=O)C2CCC(F)(C(=O)OC)C2)c1. The van der Waals surface area contributed by atoms with Crippen LogP contribution in [0.2, 0.25) is 0 Å². The van der Waals surface area contributed by atoms with E-state index in [4.69, 9.17) is 0 Å². The number of hydrogen-bond donors (Lipinski definition) is 0. The van der Waals surface area contributed by atoms with Gasteiger partial charge in [0.15, 0.2) is 9.84 Å². The summed E-state index contributed by atoms with van der Waals surface area (Å²) in [5, 5.41) is -0.881. The topological polar surface area (TPSA) is 60.4 Å². The second-order valence-corrected chi connectivity index (χ2v) is 7.60. The summed E-state index contributed by atoms with van der Waals surface area (Å²) in [5.74, 6) is -0.984. The molecule has 0 amide bonds.